The number of nitrogens with one attached hydrogen (secondary N) is 1. The number of aromatic nitrogens is 1. The zero-order chi connectivity index (χ0) is 32.6. The van der Waals surface area contributed by atoms with Gasteiger partial charge in [-0.3, -0.25) is 4.99 Å². The number of rotatable bonds is 7. The van der Waals surface area contributed by atoms with Crippen molar-refractivity contribution in [3.05, 3.63) is 187 Å². The summed E-state index contributed by atoms with van der Waals surface area (Å²) < 4.78 is 5.05. The van der Waals surface area contributed by atoms with E-state index in [1.54, 1.807) is 0 Å². The van der Waals surface area contributed by atoms with Gasteiger partial charge in [-0.15, -0.1) is 11.3 Å². The summed E-state index contributed by atoms with van der Waals surface area (Å²) in [5.74, 6) is 0.890. The Bertz CT molecular complexity index is 2610. The first-order chi connectivity index (χ1) is 24.3. The molecule has 0 aliphatic heterocycles. The van der Waals surface area contributed by atoms with Crippen LogP contribution in [0.4, 0.5) is 0 Å². The van der Waals surface area contributed by atoms with Gasteiger partial charge in [0.2, 0.25) is 0 Å². The van der Waals surface area contributed by atoms with Crippen molar-refractivity contribution in [1.82, 2.24) is 9.88 Å². The molecular formula is C45H33N3S. The van der Waals surface area contributed by atoms with Crippen LogP contribution in [0.3, 0.4) is 0 Å². The number of nitrogens with zero attached hydrogens (tertiary/aromatic N) is 2. The summed E-state index contributed by atoms with van der Waals surface area (Å²) in [6.07, 6.45) is 0. The van der Waals surface area contributed by atoms with Crippen molar-refractivity contribution >= 4 is 59.2 Å². The molecule has 2 heterocycles. The van der Waals surface area contributed by atoms with Gasteiger partial charge in [0, 0.05) is 48.7 Å². The van der Waals surface area contributed by atoms with Crippen molar-refractivity contribution in [2.45, 2.75) is 13.1 Å². The first kappa shape index (κ1) is 29.2. The number of amidine groups is 1. The standard InChI is InChI=1S/C45H33N3S/c1-3-12-31(13-4-1)29-46-45(47-30-32-14-5-2-6-15-32)33-22-25-35(26-23-33)48-41-20-9-7-16-37(41)40-28-34(24-27-42(40)48)36-18-11-19-39-38-17-8-10-21-43(38)49-44(36)39/h1-28H,29-30H2,(H,46,47). The molecule has 4 heteroatoms. The van der Waals surface area contributed by atoms with Crippen LogP contribution < -0.4 is 5.32 Å². The number of aliphatic imine (C=N–C) groups is 1. The second kappa shape index (κ2) is 12.6. The summed E-state index contributed by atoms with van der Waals surface area (Å²) in [5, 5.41) is 8.78. The Morgan fingerprint density at radius 2 is 1.22 bits per heavy atom. The fourth-order valence-corrected chi connectivity index (χ4v) is 8.18. The Morgan fingerprint density at radius 3 is 2.04 bits per heavy atom. The van der Waals surface area contributed by atoms with Gasteiger partial charge >= 0.3 is 0 Å². The largest absolute Gasteiger partial charge is 0.366 e. The van der Waals surface area contributed by atoms with Crippen molar-refractivity contribution in [2.75, 3.05) is 0 Å². The highest BCUT2D eigenvalue weighted by Gasteiger charge is 2.16. The smallest absolute Gasteiger partial charge is 0.128 e. The fraction of sp³-hybridized carbons (Fsp3) is 0.0444. The molecule has 49 heavy (non-hydrogen) atoms. The number of benzene rings is 7. The lowest BCUT2D eigenvalue weighted by Crippen LogP contribution is -2.24. The molecule has 0 bridgehead atoms. The number of hydrogen-bond acceptors (Lipinski definition) is 2. The maximum absolute atomic E-state index is 5.05. The SMILES string of the molecule is c1ccc(C/N=C(\NCc2ccccc2)c2ccc(-n3c4ccccc4c4cc(-c5cccc6c5sc5ccccc56)ccc43)cc2)cc1. The number of hydrogen-bond donors (Lipinski definition) is 1. The van der Waals surface area contributed by atoms with E-state index in [2.05, 4.69) is 168 Å². The molecule has 0 amide bonds. The predicted octanol–water partition coefficient (Wildman–Crippen LogP) is 11.6. The van der Waals surface area contributed by atoms with Gasteiger partial charge in [-0.05, 0) is 70.8 Å². The van der Waals surface area contributed by atoms with Crippen molar-refractivity contribution < 1.29 is 0 Å². The molecule has 0 unspecified atom stereocenters. The Hall–Kier alpha value is -5.97. The summed E-state index contributed by atoms with van der Waals surface area (Å²) in [6.45, 7) is 1.32. The topological polar surface area (TPSA) is 29.3 Å². The van der Waals surface area contributed by atoms with E-state index in [0.717, 1.165) is 17.1 Å². The minimum Gasteiger partial charge on any atom is -0.366 e. The minimum atomic E-state index is 0.615. The van der Waals surface area contributed by atoms with Gasteiger partial charge in [-0.1, -0.05) is 121 Å². The minimum absolute atomic E-state index is 0.615. The molecule has 0 aliphatic carbocycles. The summed E-state index contributed by atoms with van der Waals surface area (Å²) in [5.41, 5.74) is 9.52. The Balaban J connectivity index is 1.11. The van der Waals surface area contributed by atoms with E-state index in [4.69, 9.17) is 4.99 Å². The summed E-state index contributed by atoms with van der Waals surface area (Å²) in [4.78, 5) is 5.05. The summed E-state index contributed by atoms with van der Waals surface area (Å²) in [6, 6.07) is 60.8. The summed E-state index contributed by atoms with van der Waals surface area (Å²) in [7, 11) is 0. The lowest BCUT2D eigenvalue weighted by Gasteiger charge is -2.13. The second-order valence-electron chi connectivity index (χ2n) is 12.4. The van der Waals surface area contributed by atoms with Crippen LogP contribution in [0.5, 0.6) is 0 Å². The third-order valence-electron chi connectivity index (χ3n) is 9.35. The molecule has 234 valence electrons. The number of fused-ring (bicyclic) bond motifs is 6. The third kappa shape index (κ3) is 5.46. The Morgan fingerprint density at radius 1 is 0.551 bits per heavy atom. The van der Waals surface area contributed by atoms with Crippen LogP contribution in [-0.4, -0.2) is 10.4 Å². The van der Waals surface area contributed by atoms with Crippen LogP contribution in [0.25, 0.3) is 58.8 Å². The highest BCUT2D eigenvalue weighted by atomic mass is 32.1. The van der Waals surface area contributed by atoms with Gasteiger partial charge in [0.25, 0.3) is 0 Å². The van der Waals surface area contributed by atoms with Crippen molar-refractivity contribution in [2.24, 2.45) is 4.99 Å². The normalized spacial score (nSPS) is 12.0. The van der Waals surface area contributed by atoms with Crippen LogP contribution in [0, 0.1) is 0 Å². The molecule has 0 aliphatic rings. The third-order valence-corrected chi connectivity index (χ3v) is 10.6. The van der Waals surface area contributed by atoms with Crippen LogP contribution in [0.15, 0.2) is 175 Å². The Labute approximate surface area is 289 Å². The molecule has 9 aromatic rings. The molecule has 3 nitrogen and oxygen atoms in total. The van der Waals surface area contributed by atoms with Crippen molar-refractivity contribution in [1.29, 1.82) is 0 Å². The lowest BCUT2D eigenvalue weighted by atomic mass is 10.0. The molecule has 9 rings (SSSR count). The van der Waals surface area contributed by atoms with Gasteiger partial charge in [-0.2, -0.15) is 0 Å². The molecule has 0 atom stereocenters. The van der Waals surface area contributed by atoms with Gasteiger partial charge < -0.3 is 9.88 Å². The maximum Gasteiger partial charge on any atom is 0.128 e. The van der Waals surface area contributed by atoms with E-state index < -0.39 is 0 Å². The fourth-order valence-electron chi connectivity index (χ4n) is 6.95. The molecule has 0 fully saturated rings. The van der Waals surface area contributed by atoms with Gasteiger partial charge in [0.15, 0.2) is 0 Å². The quantitative estimate of drug-likeness (QED) is 0.135. The number of thiophene rings is 1. The zero-order valence-electron chi connectivity index (χ0n) is 26.9. The predicted molar refractivity (Wildman–Crippen MR) is 209 cm³/mol. The average Bonchev–Trinajstić information content (AvgIpc) is 3.71. The van der Waals surface area contributed by atoms with Crippen LogP contribution in [-0.2, 0) is 13.1 Å². The molecule has 0 radical (unpaired) electrons. The second-order valence-corrected chi connectivity index (χ2v) is 13.5. The van der Waals surface area contributed by atoms with Crippen LogP contribution in [0.2, 0.25) is 0 Å². The van der Waals surface area contributed by atoms with Crippen molar-refractivity contribution in [3.63, 3.8) is 0 Å². The molecule has 2 aromatic heterocycles. The first-order valence-corrected chi connectivity index (χ1v) is 17.5. The van der Waals surface area contributed by atoms with Crippen molar-refractivity contribution in [3.8, 4) is 16.8 Å². The van der Waals surface area contributed by atoms with E-state index in [1.807, 2.05) is 23.5 Å². The van der Waals surface area contributed by atoms with Gasteiger partial charge in [-0.25, -0.2) is 0 Å². The highest BCUT2D eigenvalue weighted by molar-refractivity contribution is 7.26. The van der Waals surface area contributed by atoms with E-state index in [-0.39, 0.29) is 0 Å². The molecule has 1 N–H and O–H groups in total. The van der Waals surface area contributed by atoms with Gasteiger partial charge in [0.05, 0.1) is 17.6 Å². The van der Waals surface area contributed by atoms with E-state index in [9.17, 15) is 0 Å². The summed E-state index contributed by atoms with van der Waals surface area (Å²) >= 11 is 1.88. The monoisotopic (exact) mass is 647 g/mol. The highest BCUT2D eigenvalue weighted by Crippen LogP contribution is 2.41. The zero-order valence-corrected chi connectivity index (χ0v) is 27.7. The first-order valence-electron chi connectivity index (χ1n) is 16.7. The molecule has 0 saturated heterocycles. The number of para-hydroxylation sites is 1. The average molecular weight is 648 g/mol. The van der Waals surface area contributed by atoms with E-state index >= 15 is 0 Å². The van der Waals surface area contributed by atoms with E-state index in [0.29, 0.717) is 13.1 Å². The lowest BCUT2D eigenvalue weighted by molar-refractivity contribution is 0.896. The maximum atomic E-state index is 5.05. The van der Waals surface area contributed by atoms with Crippen LogP contribution >= 0.6 is 11.3 Å². The molecular weight excluding hydrogens is 615 g/mol. The van der Waals surface area contributed by atoms with Crippen LogP contribution in [0.1, 0.15) is 16.7 Å². The molecule has 0 saturated carbocycles. The molecule has 0 spiro atoms. The Kier molecular flexibility index (Phi) is 7.49. The molecule has 7 aromatic carbocycles. The van der Waals surface area contributed by atoms with E-state index in [1.165, 1.54) is 64.2 Å². The van der Waals surface area contributed by atoms with Gasteiger partial charge in [0.1, 0.15) is 5.84 Å².